The van der Waals surface area contributed by atoms with Crippen LogP contribution in [0.3, 0.4) is 0 Å². The van der Waals surface area contributed by atoms with E-state index in [1.165, 1.54) is 6.26 Å². The average molecular weight is 293 g/mol. The largest absolute Gasteiger partial charge is 0.463 e. The minimum Gasteiger partial charge on any atom is -0.463 e. The first kappa shape index (κ1) is 14.6. The molecule has 0 unspecified atom stereocenters. The van der Waals surface area contributed by atoms with Crippen LogP contribution in [0.5, 0.6) is 6.01 Å². The summed E-state index contributed by atoms with van der Waals surface area (Å²) in [5.41, 5.74) is 0. The lowest BCUT2D eigenvalue weighted by Gasteiger charge is -2.03. The first-order chi connectivity index (χ1) is 10.2. The summed E-state index contributed by atoms with van der Waals surface area (Å²) in [7, 11) is 0. The molecule has 0 fully saturated rings. The molecule has 0 saturated carbocycles. The molecule has 2 heterocycles. The van der Waals surface area contributed by atoms with Crippen LogP contribution in [0.1, 0.15) is 23.9 Å². The molecular formula is C12H15N5O4. The van der Waals surface area contributed by atoms with E-state index in [-0.39, 0.29) is 42.5 Å². The number of amides is 2. The summed E-state index contributed by atoms with van der Waals surface area (Å²) < 4.78 is 9.97. The van der Waals surface area contributed by atoms with E-state index in [4.69, 9.17) is 9.15 Å². The quantitative estimate of drug-likeness (QED) is 0.685. The van der Waals surface area contributed by atoms with Crippen molar-refractivity contribution in [2.45, 2.75) is 13.3 Å². The van der Waals surface area contributed by atoms with Crippen molar-refractivity contribution in [3.05, 3.63) is 24.2 Å². The van der Waals surface area contributed by atoms with Gasteiger partial charge in [0.15, 0.2) is 5.76 Å². The minimum atomic E-state index is -0.369. The van der Waals surface area contributed by atoms with Crippen LogP contribution < -0.4 is 15.4 Å². The van der Waals surface area contributed by atoms with Crippen LogP contribution in [-0.2, 0) is 4.79 Å². The van der Waals surface area contributed by atoms with Crippen molar-refractivity contribution in [3.8, 4) is 6.01 Å². The van der Waals surface area contributed by atoms with Crippen LogP contribution in [-0.4, -0.2) is 40.1 Å². The monoisotopic (exact) mass is 293 g/mol. The zero-order chi connectivity index (χ0) is 15.1. The molecule has 21 heavy (non-hydrogen) atoms. The molecule has 0 spiro atoms. The maximum absolute atomic E-state index is 11.6. The third kappa shape index (κ3) is 4.34. The van der Waals surface area contributed by atoms with Crippen LogP contribution in [0.4, 0.5) is 5.95 Å². The standard InChI is InChI=1S/C12H15N5O4/c1-2-20-12-15-11(16-17-12)14-9(18)5-6-13-10(19)8-4-3-7-21-8/h3-4,7H,2,5-6H2,1H3,(H,13,19)(H2,14,15,16,17,18). The van der Waals surface area contributed by atoms with Gasteiger partial charge in [-0.1, -0.05) is 0 Å². The topological polar surface area (TPSA) is 122 Å². The van der Waals surface area contributed by atoms with Crippen molar-refractivity contribution in [3.63, 3.8) is 0 Å². The zero-order valence-corrected chi connectivity index (χ0v) is 11.4. The Morgan fingerprint density at radius 2 is 2.33 bits per heavy atom. The highest BCUT2D eigenvalue weighted by molar-refractivity contribution is 5.92. The van der Waals surface area contributed by atoms with Gasteiger partial charge in [-0.3, -0.25) is 14.9 Å². The Morgan fingerprint density at radius 1 is 1.48 bits per heavy atom. The molecule has 2 aromatic heterocycles. The van der Waals surface area contributed by atoms with Gasteiger partial charge in [0.25, 0.3) is 5.91 Å². The number of H-pyrrole nitrogens is 1. The van der Waals surface area contributed by atoms with Crippen LogP contribution in [0.15, 0.2) is 22.8 Å². The fourth-order valence-electron chi connectivity index (χ4n) is 1.47. The van der Waals surface area contributed by atoms with Gasteiger partial charge < -0.3 is 14.5 Å². The number of hydrogen-bond donors (Lipinski definition) is 3. The molecular weight excluding hydrogens is 278 g/mol. The number of carbonyl (C=O) groups excluding carboxylic acids is 2. The number of ether oxygens (including phenoxy) is 1. The third-order valence-corrected chi connectivity index (χ3v) is 2.38. The summed E-state index contributed by atoms with van der Waals surface area (Å²) >= 11 is 0. The van der Waals surface area contributed by atoms with Crippen LogP contribution in [0.2, 0.25) is 0 Å². The van der Waals surface area contributed by atoms with E-state index >= 15 is 0 Å². The summed E-state index contributed by atoms with van der Waals surface area (Å²) in [6, 6.07) is 3.32. The van der Waals surface area contributed by atoms with Crippen LogP contribution in [0.25, 0.3) is 0 Å². The number of furan rings is 1. The Bertz CT molecular complexity index is 593. The second-order valence-corrected chi connectivity index (χ2v) is 3.93. The Balaban J connectivity index is 1.70. The van der Waals surface area contributed by atoms with Crippen molar-refractivity contribution in [1.82, 2.24) is 20.5 Å². The van der Waals surface area contributed by atoms with Crippen LogP contribution >= 0.6 is 0 Å². The highest BCUT2D eigenvalue weighted by Gasteiger charge is 2.10. The Kier molecular flexibility index (Phi) is 4.91. The summed E-state index contributed by atoms with van der Waals surface area (Å²) in [5, 5.41) is 11.3. The number of aromatic amines is 1. The van der Waals surface area contributed by atoms with Gasteiger partial charge in [-0.25, -0.2) is 5.10 Å². The maximum Gasteiger partial charge on any atom is 0.337 e. The van der Waals surface area contributed by atoms with Gasteiger partial charge in [-0.05, 0) is 19.1 Å². The molecule has 0 aromatic carbocycles. The lowest BCUT2D eigenvalue weighted by Crippen LogP contribution is -2.27. The Morgan fingerprint density at radius 3 is 3.05 bits per heavy atom. The van der Waals surface area contributed by atoms with Gasteiger partial charge in [0.05, 0.1) is 12.9 Å². The van der Waals surface area contributed by atoms with Gasteiger partial charge in [0.2, 0.25) is 11.9 Å². The molecule has 112 valence electrons. The molecule has 9 nitrogen and oxygen atoms in total. The molecule has 2 rings (SSSR count). The van der Waals surface area contributed by atoms with Crippen molar-refractivity contribution in [2.75, 3.05) is 18.5 Å². The van der Waals surface area contributed by atoms with E-state index in [0.29, 0.717) is 6.61 Å². The number of rotatable bonds is 7. The number of carbonyl (C=O) groups is 2. The fourth-order valence-corrected chi connectivity index (χ4v) is 1.47. The van der Waals surface area contributed by atoms with Crippen molar-refractivity contribution in [2.24, 2.45) is 0 Å². The summed E-state index contributed by atoms with van der Waals surface area (Å²) in [5.74, 6) is -0.284. The Hall–Kier alpha value is -2.84. The number of anilines is 1. The molecule has 0 atom stereocenters. The van der Waals surface area contributed by atoms with E-state index in [2.05, 4.69) is 25.8 Å². The lowest BCUT2D eigenvalue weighted by molar-refractivity contribution is -0.116. The Labute approximate surface area is 120 Å². The number of aromatic nitrogens is 3. The first-order valence-electron chi connectivity index (χ1n) is 6.35. The molecule has 0 aliphatic rings. The molecule has 0 aliphatic carbocycles. The van der Waals surface area contributed by atoms with Gasteiger partial charge in [-0.15, -0.1) is 5.10 Å². The van der Waals surface area contributed by atoms with Gasteiger partial charge in [-0.2, -0.15) is 4.98 Å². The summed E-state index contributed by atoms with van der Waals surface area (Å²) in [4.78, 5) is 27.1. The summed E-state index contributed by atoms with van der Waals surface area (Å²) in [6.45, 7) is 2.41. The molecule has 0 bridgehead atoms. The highest BCUT2D eigenvalue weighted by atomic mass is 16.5. The molecule has 2 amide bonds. The van der Waals surface area contributed by atoms with E-state index in [9.17, 15) is 9.59 Å². The van der Waals surface area contributed by atoms with E-state index in [1.807, 2.05) is 0 Å². The van der Waals surface area contributed by atoms with Crippen molar-refractivity contribution in [1.29, 1.82) is 0 Å². The predicted molar refractivity (Wildman–Crippen MR) is 71.8 cm³/mol. The van der Waals surface area contributed by atoms with Gasteiger partial charge in [0, 0.05) is 13.0 Å². The lowest BCUT2D eigenvalue weighted by atomic mass is 10.3. The molecule has 0 saturated heterocycles. The summed E-state index contributed by atoms with van der Waals surface area (Å²) in [6.07, 6.45) is 1.50. The molecule has 2 aromatic rings. The number of nitrogens with zero attached hydrogens (tertiary/aromatic N) is 2. The average Bonchev–Trinajstić information content (AvgIpc) is 3.10. The minimum absolute atomic E-state index is 0.0944. The fraction of sp³-hybridized carbons (Fsp3) is 0.333. The normalized spacial score (nSPS) is 10.1. The highest BCUT2D eigenvalue weighted by Crippen LogP contribution is 2.05. The second-order valence-electron chi connectivity index (χ2n) is 3.93. The predicted octanol–water partition coefficient (Wildman–Crippen LogP) is 0.555. The molecule has 0 radical (unpaired) electrons. The van der Waals surface area contributed by atoms with Crippen LogP contribution in [0, 0.1) is 0 Å². The zero-order valence-electron chi connectivity index (χ0n) is 11.4. The second kappa shape index (κ2) is 7.08. The van der Waals surface area contributed by atoms with E-state index in [1.54, 1.807) is 19.1 Å². The third-order valence-electron chi connectivity index (χ3n) is 2.38. The smallest absolute Gasteiger partial charge is 0.337 e. The van der Waals surface area contributed by atoms with Gasteiger partial charge >= 0.3 is 6.01 Å². The molecule has 0 aliphatic heterocycles. The van der Waals surface area contributed by atoms with Crippen molar-refractivity contribution < 1.29 is 18.7 Å². The van der Waals surface area contributed by atoms with E-state index < -0.39 is 0 Å². The number of nitrogens with one attached hydrogen (secondary N) is 3. The SMILES string of the molecule is CCOc1n[nH]c(NC(=O)CCNC(=O)c2ccco2)n1. The molecule has 3 N–H and O–H groups in total. The maximum atomic E-state index is 11.6. The van der Waals surface area contributed by atoms with E-state index in [0.717, 1.165) is 0 Å². The first-order valence-corrected chi connectivity index (χ1v) is 6.35. The van der Waals surface area contributed by atoms with Gasteiger partial charge in [0.1, 0.15) is 0 Å². The molecule has 9 heteroatoms. The van der Waals surface area contributed by atoms with Crippen molar-refractivity contribution >= 4 is 17.8 Å². The number of hydrogen-bond acceptors (Lipinski definition) is 6.